The Bertz CT molecular complexity index is 388. The molecule has 0 bridgehead atoms. The molecule has 0 atom stereocenters. The number of carbonyl (C=O) groups is 1. The van der Waals surface area contributed by atoms with Gasteiger partial charge in [0.15, 0.2) is 0 Å². The van der Waals surface area contributed by atoms with Crippen molar-refractivity contribution >= 4 is 23.5 Å². The molecule has 4 heteroatoms. The van der Waals surface area contributed by atoms with Gasteiger partial charge < -0.3 is 0 Å². The fraction of sp³-hybridized carbons (Fsp3) is 0.647. The lowest BCUT2D eigenvalue weighted by molar-refractivity contribution is -0.121. The Morgan fingerprint density at radius 1 is 1.14 bits per heavy atom. The highest BCUT2D eigenvalue weighted by atomic mass is 32.1. The highest BCUT2D eigenvalue weighted by Gasteiger charge is 1.99. The molecule has 1 N–H and O–H groups in total. The van der Waals surface area contributed by atoms with Gasteiger partial charge in [-0.3, -0.25) is 4.79 Å². The van der Waals surface area contributed by atoms with Crippen LogP contribution < -0.4 is 5.43 Å². The van der Waals surface area contributed by atoms with Crippen molar-refractivity contribution in [3.8, 4) is 0 Å². The number of thiophene rings is 1. The van der Waals surface area contributed by atoms with E-state index < -0.39 is 0 Å². The topological polar surface area (TPSA) is 41.5 Å². The Morgan fingerprint density at radius 2 is 1.81 bits per heavy atom. The maximum atomic E-state index is 11.6. The summed E-state index contributed by atoms with van der Waals surface area (Å²) in [6.07, 6.45) is 13.7. The average molecular weight is 308 g/mol. The van der Waals surface area contributed by atoms with Gasteiger partial charge in [-0.25, -0.2) is 5.43 Å². The molecule has 1 rings (SSSR count). The van der Waals surface area contributed by atoms with E-state index in [-0.39, 0.29) is 5.91 Å². The van der Waals surface area contributed by atoms with Gasteiger partial charge in [-0.05, 0) is 23.2 Å². The Morgan fingerprint density at radius 3 is 2.43 bits per heavy atom. The van der Waals surface area contributed by atoms with Gasteiger partial charge in [-0.15, -0.1) is 0 Å². The Kier molecular flexibility index (Phi) is 10.7. The zero-order valence-electron chi connectivity index (χ0n) is 13.1. The summed E-state index contributed by atoms with van der Waals surface area (Å²) in [6, 6.07) is 1.97. The van der Waals surface area contributed by atoms with Gasteiger partial charge >= 0.3 is 0 Å². The van der Waals surface area contributed by atoms with Gasteiger partial charge in [0.2, 0.25) is 5.91 Å². The third kappa shape index (κ3) is 10.2. The molecule has 0 aliphatic carbocycles. The number of unbranched alkanes of at least 4 members (excludes halogenated alkanes) is 8. The lowest BCUT2D eigenvalue weighted by atomic mass is 10.1. The molecule has 1 aromatic rings. The fourth-order valence-electron chi connectivity index (χ4n) is 2.18. The van der Waals surface area contributed by atoms with Crippen molar-refractivity contribution in [1.29, 1.82) is 0 Å². The molecule has 1 heterocycles. The van der Waals surface area contributed by atoms with Crippen LogP contribution in [-0.2, 0) is 4.79 Å². The van der Waals surface area contributed by atoms with Crippen LogP contribution in [0.4, 0.5) is 0 Å². The Labute approximate surface area is 132 Å². The third-order valence-electron chi connectivity index (χ3n) is 3.45. The fourth-order valence-corrected chi connectivity index (χ4v) is 2.79. The van der Waals surface area contributed by atoms with E-state index >= 15 is 0 Å². The van der Waals surface area contributed by atoms with Crippen LogP contribution in [0.2, 0.25) is 0 Å². The summed E-state index contributed by atoms with van der Waals surface area (Å²) in [5.41, 5.74) is 3.61. The summed E-state index contributed by atoms with van der Waals surface area (Å²) in [4.78, 5) is 11.6. The molecule has 0 saturated heterocycles. The molecule has 0 fully saturated rings. The van der Waals surface area contributed by atoms with Crippen molar-refractivity contribution in [2.45, 2.75) is 71.1 Å². The maximum absolute atomic E-state index is 11.6. The number of nitrogens with one attached hydrogen (secondary N) is 1. The van der Waals surface area contributed by atoms with Crippen LogP contribution in [0.1, 0.15) is 76.7 Å². The Balaban J connectivity index is 1.89. The molecule has 0 radical (unpaired) electrons. The SMILES string of the molecule is CCCCCCCCCCCC(=O)NN=Cc1ccsc1. The zero-order chi connectivity index (χ0) is 15.2. The Hall–Kier alpha value is -1.16. The molecular weight excluding hydrogens is 280 g/mol. The van der Waals surface area contributed by atoms with Crippen LogP contribution in [0.3, 0.4) is 0 Å². The average Bonchev–Trinajstić information content (AvgIpc) is 2.99. The first kappa shape index (κ1) is 17.9. The standard InChI is InChI=1S/C17H28N2OS/c1-2-3-4-5-6-7-8-9-10-11-17(20)19-18-14-16-12-13-21-15-16/h12-15H,2-11H2,1H3,(H,19,20). The maximum Gasteiger partial charge on any atom is 0.240 e. The molecule has 0 aliphatic rings. The first-order chi connectivity index (χ1) is 10.3. The van der Waals surface area contributed by atoms with Crippen molar-refractivity contribution in [2.24, 2.45) is 5.10 Å². The van der Waals surface area contributed by atoms with Crippen LogP contribution in [0.15, 0.2) is 21.9 Å². The number of hydrogen-bond acceptors (Lipinski definition) is 3. The predicted molar refractivity (Wildman–Crippen MR) is 91.9 cm³/mol. The second kappa shape index (κ2) is 12.6. The lowest BCUT2D eigenvalue weighted by Crippen LogP contribution is -2.16. The largest absolute Gasteiger partial charge is 0.273 e. The molecule has 1 aromatic heterocycles. The summed E-state index contributed by atoms with van der Waals surface area (Å²) >= 11 is 1.62. The van der Waals surface area contributed by atoms with E-state index in [1.165, 1.54) is 44.9 Å². The van der Waals surface area contributed by atoms with Gasteiger partial charge in [0.25, 0.3) is 0 Å². The lowest BCUT2D eigenvalue weighted by Gasteiger charge is -2.02. The van der Waals surface area contributed by atoms with E-state index in [4.69, 9.17) is 0 Å². The molecule has 0 spiro atoms. The summed E-state index contributed by atoms with van der Waals surface area (Å²) in [6.45, 7) is 2.25. The van der Waals surface area contributed by atoms with E-state index in [9.17, 15) is 4.79 Å². The third-order valence-corrected chi connectivity index (χ3v) is 4.15. The van der Waals surface area contributed by atoms with Crippen LogP contribution in [-0.4, -0.2) is 12.1 Å². The van der Waals surface area contributed by atoms with Gasteiger partial charge in [0.05, 0.1) is 6.21 Å². The minimum absolute atomic E-state index is 0.0180. The van der Waals surface area contributed by atoms with Gasteiger partial charge in [-0.2, -0.15) is 16.4 Å². The van der Waals surface area contributed by atoms with E-state index in [0.29, 0.717) is 6.42 Å². The van der Waals surface area contributed by atoms with Crippen LogP contribution in [0, 0.1) is 0 Å². The number of hydrazone groups is 1. The molecule has 3 nitrogen and oxygen atoms in total. The van der Waals surface area contributed by atoms with Crippen molar-refractivity contribution in [3.63, 3.8) is 0 Å². The van der Waals surface area contributed by atoms with E-state index in [1.807, 2.05) is 16.8 Å². The molecule has 0 aliphatic heterocycles. The molecule has 0 unspecified atom stereocenters. The van der Waals surface area contributed by atoms with E-state index in [0.717, 1.165) is 18.4 Å². The molecule has 118 valence electrons. The number of rotatable bonds is 12. The smallest absolute Gasteiger partial charge is 0.240 e. The second-order valence-electron chi connectivity index (χ2n) is 5.43. The zero-order valence-corrected chi connectivity index (χ0v) is 14.0. The molecule has 1 amide bonds. The summed E-state index contributed by atoms with van der Waals surface area (Å²) in [7, 11) is 0. The normalized spacial score (nSPS) is 11.1. The first-order valence-corrected chi connectivity index (χ1v) is 9.11. The van der Waals surface area contributed by atoms with Crippen molar-refractivity contribution in [2.75, 3.05) is 0 Å². The number of amides is 1. The second-order valence-corrected chi connectivity index (χ2v) is 6.21. The van der Waals surface area contributed by atoms with E-state index in [1.54, 1.807) is 17.6 Å². The number of nitrogens with zero attached hydrogens (tertiary/aromatic N) is 1. The van der Waals surface area contributed by atoms with Crippen molar-refractivity contribution < 1.29 is 4.79 Å². The molecule has 0 saturated carbocycles. The van der Waals surface area contributed by atoms with Gasteiger partial charge in [-0.1, -0.05) is 58.3 Å². The highest BCUT2D eigenvalue weighted by molar-refractivity contribution is 7.08. The van der Waals surface area contributed by atoms with Crippen LogP contribution in [0.25, 0.3) is 0 Å². The van der Waals surface area contributed by atoms with Crippen molar-refractivity contribution in [1.82, 2.24) is 5.43 Å². The number of hydrogen-bond donors (Lipinski definition) is 1. The monoisotopic (exact) mass is 308 g/mol. The summed E-state index contributed by atoms with van der Waals surface area (Å²) in [5.74, 6) is 0.0180. The summed E-state index contributed by atoms with van der Waals surface area (Å²) in [5, 5.41) is 7.94. The van der Waals surface area contributed by atoms with Crippen molar-refractivity contribution in [3.05, 3.63) is 22.4 Å². The van der Waals surface area contributed by atoms with Gasteiger partial charge in [0, 0.05) is 12.0 Å². The minimum Gasteiger partial charge on any atom is -0.273 e. The van der Waals surface area contributed by atoms with Crippen LogP contribution in [0.5, 0.6) is 0 Å². The minimum atomic E-state index is 0.0180. The van der Waals surface area contributed by atoms with Crippen LogP contribution >= 0.6 is 11.3 Å². The molecular formula is C17H28N2OS. The highest BCUT2D eigenvalue weighted by Crippen LogP contribution is 2.10. The van der Waals surface area contributed by atoms with E-state index in [2.05, 4.69) is 17.5 Å². The number of carbonyl (C=O) groups excluding carboxylic acids is 1. The quantitative estimate of drug-likeness (QED) is 0.325. The molecule has 0 aromatic carbocycles. The predicted octanol–water partition coefficient (Wildman–Crippen LogP) is 5.12. The molecule has 21 heavy (non-hydrogen) atoms. The van der Waals surface area contributed by atoms with Gasteiger partial charge in [0.1, 0.15) is 0 Å². The summed E-state index contributed by atoms with van der Waals surface area (Å²) < 4.78 is 0. The first-order valence-electron chi connectivity index (χ1n) is 8.17.